The summed E-state index contributed by atoms with van der Waals surface area (Å²) in [4.78, 5) is 22.3. The smallest absolute Gasteiger partial charge is 0.222 e. The molecule has 0 heterocycles. The van der Waals surface area contributed by atoms with Crippen LogP contribution in [0.1, 0.15) is 39.0 Å². The Hall–Kier alpha value is -1.06. The Bertz CT molecular complexity index is 228. The second-order valence-corrected chi connectivity index (χ2v) is 3.86. The van der Waals surface area contributed by atoms with Crippen molar-refractivity contribution in [3.8, 4) is 0 Å². The van der Waals surface area contributed by atoms with Crippen LogP contribution in [0.25, 0.3) is 0 Å². The molecule has 1 aliphatic rings. The molecule has 1 rings (SSSR count). The fourth-order valence-corrected chi connectivity index (χ4v) is 1.98. The first-order valence-electron chi connectivity index (χ1n) is 5.23. The quantitative estimate of drug-likeness (QED) is 0.692. The van der Waals surface area contributed by atoms with Crippen molar-refractivity contribution < 1.29 is 9.59 Å². The van der Waals surface area contributed by atoms with Crippen LogP contribution in [0.5, 0.6) is 0 Å². The van der Waals surface area contributed by atoms with Crippen molar-refractivity contribution in [2.75, 3.05) is 0 Å². The lowest BCUT2D eigenvalue weighted by Gasteiger charge is -2.17. The first kappa shape index (κ1) is 11.0. The summed E-state index contributed by atoms with van der Waals surface area (Å²) in [6, 6.07) is -0.0217. The number of rotatable bonds is 4. The zero-order valence-corrected chi connectivity index (χ0v) is 8.58. The van der Waals surface area contributed by atoms with Gasteiger partial charge < -0.3 is 11.1 Å². The van der Waals surface area contributed by atoms with Crippen LogP contribution in [-0.4, -0.2) is 17.9 Å². The highest BCUT2D eigenvalue weighted by Gasteiger charge is 2.32. The highest BCUT2D eigenvalue weighted by atomic mass is 16.2. The summed E-state index contributed by atoms with van der Waals surface area (Å²) in [5, 5.41) is 2.87. The van der Waals surface area contributed by atoms with Crippen LogP contribution in [0.4, 0.5) is 0 Å². The maximum atomic E-state index is 11.3. The maximum absolute atomic E-state index is 11.3. The minimum absolute atomic E-state index is 0.0217. The Morgan fingerprint density at radius 1 is 1.43 bits per heavy atom. The Balaban J connectivity index is 2.43. The first-order chi connectivity index (χ1) is 6.65. The molecular formula is C10H18N2O2. The number of carbonyl (C=O) groups is 2. The summed E-state index contributed by atoms with van der Waals surface area (Å²) in [5.74, 6) is -0.411. The molecule has 2 atom stereocenters. The van der Waals surface area contributed by atoms with Gasteiger partial charge in [0.2, 0.25) is 11.8 Å². The molecule has 0 aromatic heterocycles. The molecule has 0 unspecified atom stereocenters. The maximum Gasteiger partial charge on any atom is 0.222 e. The highest BCUT2D eigenvalue weighted by molar-refractivity contribution is 5.80. The van der Waals surface area contributed by atoms with E-state index in [0.29, 0.717) is 6.42 Å². The number of nitrogens with two attached hydrogens (primary N) is 1. The minimum Gasteiger partial charge on any atom is -0.369 e. The van der Waals surface area contributed by atoms with Gasteiger partial charge in [0.15, 0.2) is 0 Å². The van der Waals surface area contributed by atoms with Crippen LogP contribution in [0.15, 0.2) is 0 Å². The van der Waals surface area contributed by atoms with Crippen molar-refractivity contribution in [1.82, 2.24) is 5.32 Å². The van der Waals surface area contributed by atoms with E-state index in [9.17, 15) is 9.59 Å². The van der Waals surface area contributed by atoms with Gasteiger partial charge in [0.05, 0.1) is 5.92 Å². The average Bonchev–Trinajstić information content (AvgIpc) is 2.52. The Morgan fingerprint density at radius 3 is 2.71 bits per heavy atom. The van der Waals surface area contributed by atoms with Gasteiger partial charge in [-0.1, -0.05) is 13.3 Å². The van der Waals surface area contributed by atoms with Crippen LogP contribution in [0, 0.1) is 5.92 Å². The Kier molecular flexibility index (Phi) is 3.92. The molecule has 0 bridgehead atoms. The van der Waals surface area contributed by atoms with Gasteiger partial charge in [-0.15, -0.1) is 0 Å². The molecular weight excluding hydrogens is 180 g/mol. The molecule has 4 nitrogen and oxygen atoms in total. The highest BCUT2D eigenvalue weighted by Crippen LogP contribution is 2.25. The molecule has 4 heteroatoms. The third kappa shape index (κ3) is 2.72. The molecule has 1 aliphatic carbocycles. The van der Waals surface area contributed by atoms with Gasteiger partial charge >= 0.3 is 0 Å². The first-order valence-corrected chi connectivity index (χ1v) is 5.23. The van der Waals surface area contributed by atoms with E-state index in [-0.39, 0.29) is 23.8 Å². The predicted octanol–water partition coefficient (Wildman–Crippen LogP) is 0.557. The largest absolute Gasteiger partial charge is 0.369 e. The monoisotopic (exact) mass is 198 g/mol. The molecule has 1 fully saturated rings. The van der Waals surface area contributed by atoms with Gasteiger partial charge in [0.1, 0.15) is 0 Å². The molecule has 0 aromatic carbocycles. The van der Waals surface area contributed by atoms with Crippen molar-refractivity contribution in [2.45, 2.75) is 45.1 Å². The van der Waals surface area contributed by atoms with E-state index >= 15 is 0 Å². The molecule has 1 saturated carbocycles. The summed E-state index contributed by atoms with van der Waals surface area (Å²) in [6.45, 7) is 1.96. The molecule has 3 N–H and O–H groups in total. The second kappa shape index (κ2) is 4.98. The van der Waals surface area contributed by atoms with E-state index in [4.69, 9.17) is 5.73 Å². The zero-order valence-electron chi connectivity index (χ0n) is 8.58. The Labute approximate surface area is 84.2 Å². The van der Waals surface area contributed by atoms with E-state index in [1.165, 1.54) is 0 Å². The van der Waals surface area contributed by atoms with E-state index in [2.05, 4.69) is 5.32 Å². The molecule has 80 valence electrons. The Morgan fingerprint density at radius 2 is 2.14 bits per heavy atom. The molecule has 0 aliphatic heterocycles. The fourth-order valence-electron chi connectivity index (χ4n) is 1.98. The number of amides is 2. The molecule has 0 saturated heterocycles. The third-order valence-corrected chi connectivity index (χ3v) is 2.70. The molecule has 14 heavy (non-hydrogen) atoms. The normalized spacial score (nSPS) is 26.1. The van der Waals surface area contributed by atoms with E-state index in [1.54, 1.807) is 0 Å². The summed E-state index contributed by atoms with van der Waals surface area (Å²) in [6.07, 6.45) is 4.03. The van der Waals surface area contributed by atoms with Crippen molar-refractivity contribution in [3.05, 3.63) is 0 Å². The fraction of sp³-hybridized carbons (Fsp3) is 0.800. The number of nitrogens with one attached hydrogen (secondary N) is 1. The average molecular weight is 198 g/mol. The molecule has 0 aromatic rings. The van der Waals surface area contributed by atoms with Crippen LogP contribution in [0.3, 0.4) is 0 Å². The SMILES string of the molecule is CCCC(=O)N[C@@H]1CCC[C@H]1C(N)=O. The standard InChI is InChI=1S/C10H18N2O2/c1-2-4-9(13)12-8-6-3-5-7(8)10(11)14/h7-8H,2-6H2,1H3,(H2,11,14)(H,12,13)/t7-,8-/m1/s1. The van der Waals surface area contributed by atoms with E-state index in [0.717, 1.165) is 25.7 Å². The summed E-state index contributed by atoms with van der Waals surface area (Å²) in [5.41, 5.74) is 5.25. The molecule has 0 radical (unpaired) electrons. The summed E-state index contributed by atoms with van der Waals surface area (Å²) < 4.78 is 0. The van der Waals surface area contributed by atoms with Gasteiger partial charge in [-0.3, -0.25) is 9.59 Å². The van der Waals surface area contributed by atoms with Gasteiger partial charge in [-0.25, -0.2) is 0 Å². The number of carbonyl (C=O) groups excluding carboxylic acids is 2. The predicted molar refractivity (Wildman–Crippen MR) is 53.4 cm³/mol. The van der Waals surface area contributed by atoms with Crippen molar-refractivity contribution >= 4 is 11.8 Å². The lowest BCUT2D eigenvalue weighted by Crippen LogP contribution is -2.42. The number of hydrogen-bond acceptors (Lipinski definition) is 2. The van der Waals surface area contributed by atoms with Crippen LogP contribution in [0.2, 0.25) is 0 Å². The van der Waals surface area contributed by atoms with E-state index < -0.39 is 0 Å². The topological polar surface area (TPSA) is 72.2 Å². The number of hydrogen-bond donors (Lipinski definition) is 2. The lowest BCUT2D eigenvalue weighted by atomic mass is 10.0. The van der Waals surface area contributed by atoms with E-state index in [1.807, 2.05) is 6.92 Å². The minimum atomic E-state index is -0.288. The zero-order chi connectivity index (χ0) is 10.6. The summed E-state index contributed by atoms with van der Waals surface area (Å²) >= 11 is 0. The number of primary amides is 1. The molecule has 0 spiro atoms. The van der Waals surface area contributed by atoms with Crippen LogP contribution < -0.4 is 11.1 Å². The third-order valence-electron chi connectivity index (χ3n) is 2.70. The van der Waals surface area contributed by atoms with Crippen molar-refractivity contribution in [1.29, 1.82) is 0 Å². The van der Waals surface area contributed by atoms with Crippen molar-refractivity contribution in [3.63, 3.8) is 0 Å². The van der Waals surface area contributed by atoms with Gasteiger partial charge in [0.25, 0.3) is 0 Å². The molecule has 2 amide bonds. The lowest BCUT2D eigenvalue weighted by molar-refractivity contribution is -0.124. The van der Waals surface area contributed by atoms with Gasteiger partial charge in [-0.2, -0.15) is 0 Å². The van der Waals surface area contributed by atoms with Crippen molar-refractivity contribution in [2.24, 2.45) is 11.7 Å². The van der Waals surface area contributed by atoms with Crippen LogP contribution >= 0.6 is 0 Å². The van der Waals surface area contributed by atoms with Gasteiger partial charge in [-0.05, 0) is 19.3 Å². The second-order valence-electron chi connectivity index (χ2n) is 3.86. The summed E-state index contributed by atoms with van der Waals surface area (Å²) in [7, 11) is 0. The van der Waals surface area contributed by atoms with Gasteiger partial charge in [0, 0.05) is 12.5 Å². The van der Waals surface area contributed by atoms with Crippen LogP contribution in [-0.2, 0) is 9.59 Å².